The van der Waals surface area contributed by atoms with Gasteiger partial charge >= 0.3 is 6.18 Å². The van der Waals surface area contributed by atoms with Crippen molar-refractivity contribution in [3.63, 3.8) is 0 Å². The molecule has 0 bridgehead atoms. The molecule has 0 saturated carbocycles. The van der Waals surface area contributed by atoms with Crippen LogP contribution in [0.3, 0.4) is 0 Å². The zero-order chi connectivity index (χ0) is 21.7. The Balaban J connectivity index is 1.53. The van der Waals surface area contributed by atoms with E-state index in [1.807, 2.05) is 18.2 Å². The molecule has 2 aromatic carbocycles. The van der Waals surface area contributed by atoms with Gasteiger partial charge in [-0.1, -0.05) is 36.4 Å². The van der Waals surface area contributed by atoms with Crippen LogP contribution in [0.4, 0.5) is 18.9 Å². The molecule has 0 fully saturated rings. The summed E-state index contributed by atoms with van der Waals surface area (Å²) in [5.74, 6) is -0.780. The SMILES string of the molecule is C[NH+](CC(=O)Nc1ccccc1C(F)(F)F)CC(=O)N[C@@H]1CCCc2ccccc21. The Kier molecular flexibility index (Phi) is 6.77. The van der Waals surface area contributed by atoms with Crippen LogP contribution in [0.1, 0.15) is 35.6 Å². The highest BCUT2D eigenvalue weighted by Gasteiger charge is 2.33. The number of anilines is 1. The van der Waals surface area contributed by atoms with Gasteiger partial charge in [0.15, 0.2) is 13.1 Å². The lowest BCUT2D eigenvalue weighted by Crippen LogP contribution is -3.11. The maximum atomic E-state index is 13.1. The molecule has 3 N–H and O–H groups in total. The van der Waals surface area contributed by atoms with Crippen molar-refractivity contribution in [1.82, 2.24) is 5.32 Å². The van der Waals surface area contributed by atoms with Crippen LogP contribution in [0.25, 0.3) is 0 Å². The number of amides is 2. The van der Waals surface area contributed by atoms with Crippen LogP contribution >= 0.6 is 0 Å². The normalized spacial score (nSPS) is 17.0. The van der Waals surface area contributed by atoms with E-state index in [-0.39, 0.29) is 30.7 Å². The van der Waals surface area contributed by atoms with Crippen LogP contribution in [0.5, 0.6) is 0 Å². The molecule has 8 heteroatoms. The van der Waals surface area contributed by atoms with Gasteiger partial charge in [-0.05, 0) is 42.5 Å². The molecule has 0 aromatic heterocycles. The second-order valence-electron chi connectivity index (χ2n) is 7.61. The summed E-state index contributed by atoms with van der Waals surface area (Å²) in [6, 6.07) is 12.8. The van der Waals surface area contributed by atoms with E-state index >= 15 is 0 Å². The molecule has 2 amide bonds. The highest BCUT2D eigenvalue weighted by Crippen LogP contribution is 2.34. The molecule has 0 spiro atoms. The first-order valence-electron chi connectivity index (χ1n) is 9.88. The van der Waals surface area contributed by atoms with E-state index in [0.717, 1.165) is 30.9 Å². The molecule has 3 rings (SSSR count). The molecular weight excluding hydrogens is 395 g/mol. The summed E-state index contributed by atoms with van der Waals surface area (Å²) in [5, 5.41) is 5.32. The number of nitrogens with one attached hydrogen (secondary N) is 3. The van der Waals surface area contributed by atoms with Gasteiger partial charge in [0, 0.05) is 0 Å². The Labute approximate surface area is 173 Å². The van der Waals surface area contributed by atoms with E-state index in [1.54, 1.807) is 7.05 Å². The first-order chi connectivity index (χ1) is 14.2. The van der Waals surface area contributed by atoms with Crippen LogP contribution in [0.2, 0.25) is 0 Å². The number of carbonyl (C=O) groups is 2. The number of likely N-dealkylation sites (N-methyl/N-ethyl adjacent to an activating group) is 1. The number of fused-ring (bicyclic) bond motifs is 1. The quantitative estimate of drug-likeness (QED) is 0.672. The van der Waals surface area contributed by atoms with Gasteiger partial charge in [-0.3, -0.25) is 9.59 Å². The summed E-state index contributed by atoms with van der Waals surface area (Å²) in [6.45, 7) is -0.0755. The zero-order valence-electron chi connectivity index (χ0n) is 16.7. The Morgan fingerprint density at radius 2 is 1.70 bits per heavy atom. The number of benzene rings is 2. The fraction of sp³-hybridized carbons (Fsp3) is 0.364. The van der Waals surface area contributed by atoms with Crippen molar-refractivity contribution in [3.05, 3.63) is 65.2 Å². The minimum Gasteiger partial charge on any atom is -0.344 e. The summed E-state index contributed by atoms with van der Waals surface area (Å²) < 4.78 is 39.2. The van der Waals surface area contributed by atoms with Crippen LogP contribution in [-0.2, 0) is 22.2 Å². The number of hydrogen-bond donors (Lipinski definition) is 3. The molecule has 1 unspecified atom stereocenters. The average Bonchev–Trinajstić information content (AvgIpc) is 2.67. The third-order valence-corrected chi connectivity index (χ3v) is 5.14. The molecule has 30 heavy (non-hydrogen) atoms. The van der Waals surface area contributed by atoms with E-state index in [0.29, 0.717) is 4.90 Å². The molecule has 1 aliphatic rings. The van der Waals surface area contributed by atoms with Gasteiger partial charge in [0.05, 0.1) is 24.3 Å². The van der Waals surface area contributed by atoms with Gasteiger partial charge in [-0.25, -0.2) is 0 Å². The summed E-state index contributed by atoms with van der Waals surface area (Å²) in [6.07, 6.45) is -1.71. The predicted octanol–water partition coefficient (Wildman–Crippen LogP) is 2.35. The highest BCUT2D eigenvalue weighted by molar-refractivity contribution is 5.92. The second kappa shape index (κ2) is 9.30. The maximum absolute atomic E-state index is 13.1. The molecular formula is C22H25F3N3O2+. The molecule has 2 atom stereocenters. The van der Waals surface area contributed by atoms with Gasteiger partial charge in [0.1, 0.15) is 0 Å². The van der Waals surface area contributed by atoms with Crippen LogP contribution in [-0.4, -0.2) is 32.0 Å². The first kappa shape index (κ1) is 21.8. The van der Waals surface area contributed by atoms with E-state index in [2.05, 4.69) is 16.7 Å². The number of halogens is 3. The van der Waals surface area contributed by atoms with Crippen molar-refractivity contribution in [2.75, 3.05) is 25.5 Å². The van der Waals surface area contributed by atoms with E-state index in [1.165, 1.54) is 23.8 Å². The van der Waals surface area contributed by atoms with Crippen LogP contribution in [0.15, 0.2) is 48.5 Å². The molecule has 2 aromatic rings. The van der Waals surface area contributed by atoms with Gasteiger partial charge in [-0.15, -0.1) is 0 Å². The van der Waals surface area contributed by atoms with Crippen molar-refractivity contribution in [1.29, 1.82) is 0 Å². The third-order valence-electron chi connectivity index (χ3n) is 5.14. The van der Waals surface area contributed by atoms with E-state index in [4.69, 9.17) is 0 Å². The fourth-order valence-corrected chi connectivity index (χ4v) is 3.79. The third kappa shape index (κ3) is 5.60. The minimum atomic E-state index is -4.56. The van der Waals surface area contributed by atoms with Crippen molar-refractivity contribution in [3.8, 4) is 0 Å². The molecule has 5 nitrogen and oxygen atoms in total. The number of aryl methyl sites for hydroxylation is 1. The second-order valence-corrected chi connectivity index (χ2v) is 7.61. The van der Waals surface area contributed by atoms with Crippen molar-refractivity contribution < 1.29 is 27.7 Å². The standard InChI is InChI=1S/C22H24F3N3O2/c1-28(14-21(30)27-19-11-5-4-10-17(19)22(23,24)25)13-20(29)26-18-12-6-8-15-7-2-3-9-16(15)18/h2-5,7,9-11,18H,6,8,12-14H2,1H3,(H,26,29)(H,27,30)/p+1/t18-/m1/s1. The minimum absolute atomic E-state index is 0.0486. The van der Waals surface area contributed by atoms with Crippen LogP contribution < -0.4 is 15.5 Å². The topological polar surface area (TPSA) is 62.6 Å². The maximum Gasteiger partial charge on any atom is 0.418 e. The summed E-state index contributed by atoms with van der Waals surface area (Å²) in [4.78, 5) is 25.2. The lowest BCUT2D eigenvalue weighted by Gasteiger charge is -2.26. The average molecular weight is 420 g/mol. The number of para-hydroxylation sites is 1. The molecule has 0 radical (unpaired) electrons. The number of carbonyl (C=O) groups excluding carboxylic acids is 2. The Morgan fingerprint density at radius 1 is 1.03 bits per heavy atom. The van der Waals surface area contributed by atoms with Crippen molar-refractivity contribution >= 4 is 17.5 Å². The first-order valence-corrected chi connectivity index (χ1v) is 9.88. The van der Waals surface area contributed by atoms with E-state index in [9.17, 15) is 22.8 Å². The molecule has 0 heterocycles. The van der Waals surface area contributed by atoms with Gasteiger partial charge in [0.2, 0.25) is 0 Å². The summed E-state index contributed by atoms with van der Waals surface area (Å²) in [7, 11) is 1.66. The molecule has 160 valence electrons. The number of quaternary nitrogens is 1. The smallest absolute Gasteiger partial charge is 0.344 e. The highest BCUT2D eigenvalue weighted by atomic mass is 19.4. The van der Waals surface area contributed by atoms with Gasteiger partial charge < -0.3 is 15.5 Å². The van der Waals surface area contributed by atoms with E-state index < -0.39 is 17.6 Å². The van der Waals surface area contributed by atoms with Gasteiger partial charge in [0.25, 0.3) is 11.8 Å². The molecule has 0 saturated heterocycles. The largest absolute Gasteiger partial charge is 0.418 e. The van der Waals surface area contributed by atoms with Crippen molar-refractivity contribution in [2.45, 2.75) is 31.5 Å². The Bertz CT molecular complexity index is 914. The Hall–Kier alpha value is -2.87. The fourth-order valence-electron chi connectivity index (χ4n) is 3.79. The monoisotopic (exact) mass is 420 g/mol. The summed E-state index contributed by atoms with van der Waals surface area (Å²) in [5.41, 5.74) is 1.17. The number of hydrogen-bond acceptors (Lipinski definition) is 2. The molecule has 1 aliphatic carbocycles. The lowest BCUT2D eigenvalue weighted by molar-refractivity contribution is -0.862. The molecule has 0 aliphatic heterocycles. The van der Waals surface area contributed by atoms with Gasteiger partial charge in [-0.2, -0.15) is 13.2 Å². The lowest BCUT2D eigenvalue weighted by atomic mass is 9.88. The zero-order valence-corrected chi connectivity index (χ0v) is 16.7. The van der Waals surface area contributed by atoms with Crippen LogP contribution in [0, 0.1) is 0 Å². The number of rotatable bonds is 6. The summed E-state index contributed by atoms with van der Waals surface area (Å²) >= 11 is 0. The van der Waals surface area contributed by atoms with Crippen molar-refractivity contribution in [2.24, 2.45) is 0 Å². The Morgan fingerprint density at radius 3 is 2.47 bits per heavy atom. The number of alkyl halides is 3. The predicted molar refractivity (Wildman–Crippen MR) is 107 cm³/mol.